The number of methoxy groups -OCH3 is 1. The quantitative estimate of drug-likeness (QED) is 0.537. The lowest BCUT2D eigenvalue weighted by molar-refractivity contribution is 0.0304. The van der Waals surface area contributed by atoms with Gasteiger partial charge in [-0.25, -0.2) is 19.2 Å². The summed E-state index contributed by atoms with van der Waals surface area (Å²) in [6, 6.07) is 5.78. The van der Waals surface area contributed by atoms with E-state index in [1.165, 1.54) is 4.90 Å². The van der Waals surface area contributed by atoms with E-state index in [1.54, 1.807) is 7.11 Å². The highest BCUT2D eigenvalue weighted by Gasteiger charge is 2.38. The zero-order chi connectivity index (χ0) is 24.6. The van der Waals surface area contributed by atoms with Gasteiger partial charge in [0.25, 0.3) is 0 Å². The van der Waals surface area contributed by atoms with Gasteiger partial charge in [-0.15, -0.1) is 0 Å². The van der Waals surface area contributed by atoms with Gasteiger partial charge < -0.3 is 24.0 Å². The van der Waals surface area contributed by atoms with E-state index < -0.39 is 18.9 Å². The number of amides is 1. The Morgan fingerprint density at radius 3 is 2.65 bits per heavy atom. The van der Waals surface area contributed by atoms with Crippen LogP contribution in [0.3, 0.4) is 0 Å². The van der Waals surface area contributed by atoms with Gasteiger partial charge in [-0.2, -0.15) is 0 Å². The van der Waals surface area contributed by atoms with Gasteiger partial charge in [0.1, 0.15) is 6.67 Å². The largest absolute Gasteiger partial charge is 0.480 e. The normalized spacial score (nSPS) is 18.3. The molecule has 1 aliphatic rings. The number of fused-ring (bicyclic) bond motifs is 1. The second-order valence-corrected chi connectivity index (χ2v) is 9.04. The van der Waals surface area contributed by atoms with Crippen LogP contribution < -0.4 is 4.74 Å². The molecule has 0 aromatic carbocycles. The summed E-state index contributed by atoms with van der Waals surface area (Å²) < 4.78 is 26.1. The van der Waals surface area contributed by atoms with Gasteiger partial charge >= 0.3 is 6.09 Å². The number of aromatic nitrogens is 3. The second-order valence-electron chi connectivity index (χ2n) is 9.04. The van der Waals surface area contributed by atoms with Crippen molar-refractivity contribution in [3.05, 3.63) is 41.2 Å². The number of likely N-dealkylation sites (tertiary alicyclic amines) is 1. The lowest BCUT2D eigenvalue weighted by Gasteiger charge is -2.21. The van der Waals surface area contributed by atoms with E-state index >= 15 is 0 Å². The van der Waals surface area contributed by atoms with E-state index in [1.807, 2.05) is 36.7 Å². The van der Waals surface area contributed by atoms with E-state index in [0.717, 1.165) is 39.1 Å². The van der Waals surface area contributed by atoms with Crippen LogP contribution in [0.1, 0.15) is 42.6 Å². The summed E-state index contributed by atoms with van der Waals surface area (Å²) in [6.45, 7) is 7.93. The molecule has 0 bridgehead atoms. The summed E-state index contributed by atoms with van der Waals surface area (Å²) in [5.41, 5.74) is 6.16. The highest BCUT2D eigenvalue weighted by atomic mass is 19.1. The molecule has 0 aliphatic carbocycles. The molecule has 0 unspecified atom stereocenters. The molecule has 1 fully saturated rings. The number of carboxylic acid groups (broad SMARTS) is 1. The number of hydrogen-bond acceptors (Lipinski definition) is 5. The predicted molar refractivity (Wildman–Crippen MR) is 127 cm³/mol. The van der Waals surface area contributed by atoms with E-state index in [0.29, 0.717) is 5.88 Å². The average Bonchev–Trinajstić information content (AvgIpc) is 3.37. The van der Waals surface area contributed by atoms with Crippen LogP contribution in [-0.4, -0.2) is 70.2 Å². The fraction of sp³-hybridized carbons (Fsp3) is 0.480. The number of carbonyl (C=O) groups is 1. The first-order valence-electron chi connectivity index (χ1n) is 11.4. The summed E-state index contributed by atoms with van der Waals surface area (Å²) in [5, 5.41) is 9.51. The number of pyridine rings is 2. The molecule has 4 rings (SSSR count). The van der Waals surface area contributed by atoms with E-state index in [9.17, 15) is 14.3 Å². The number of alkyl halides is 1. The maximum Gasteiger partial charge on any atom is 0.407 e. The monoisotopic (exact) mass is 470 g/mol. The average molecular weight is 471 g/mol. The van der Waals surface area contributed by atoms with Crippen molar-refractivity contribution in [1.29, 1.82) is 0 Å². The molecule has 1 aliphatic heterocycles. The molecule has 1 N–H and O–H groups in total. The topological polar surface area (TPSA) is 89.7 Å². The molecule has 4 heterocycles. The van der Waals surface area contributed by atoms with Crippen LogP contribution in [-0.2, 0) is 4.74 Å². The smallest absolute Gasteiger partial charge is 0.407 e. The molecular formula is C25H31FN4O4. The van der Waals surface area contributed by atoms with E-state index in [2.05, 4.69) is 24.9 Å². The number of nitrogens with zero attached hydrogens (tertiary/aromatic N) is 4. The third-order valence-electron chi connectivity index (χ3n) is 6.37. The molecule has 3 aromatic rings. The van der Waals surface area contributed by atoms with Gasteiger partial charge in [-0.05, 0) is 49.1 Å². The first-order valence-corrected chi connectivity index (χ1v) is 11.4. The maximum atomic E-state index is 12.8. The van der Waals surface area contributed by atoms with Crippen LogP contribution in [0.15, 0.2) is 24.4 Å². The van der Waals surface area contributed by atoms with Crippen molar-refractivity contribution < 1.29 is 23.8 Å². The molecule has 0 radical (unpaired) electrons. The lowest BCUT2D eigenvalue weighted by Crippen LogP contribution is -2.28. The van der Waals surface area contributed by atoms with Gasteiger partial charge in [-0.1, -0.05) is 13.8 Å². The molecule has 1 saturated heterocycles. The standard InChI is InChI=1S/C25H31FN4O4/c1-14(2)18-7-6-17(24(27-18)33-5)22-15(3)10-19-23(28-22)16(4)11-30(19)20-12-29(25(31)32)13-21(20)34-9-8-26/h6-7,10-11,14,20-21H,8-9,12-13H2,1-5H3,(H,31,32)/t20-,21+/m1/s1. The minimum Gasteiger partial charge on any atom is -0.480 e. The van der Waals surface area contributed by atoms with Crippen LogP contribution in [0.5, 0.6) is 5.88 Å². The summed E-state index contributed by atoms with van der Waals surface area (Å²) in [6.07, 6.45) is 0.528. The Morgan fingerprint density at radius 1 is 1.24 bits per heavy atom. The lowest BCUT2D eigenvalue weighted by atomic mass is 10.0. The molecule has 9 heteroatoms. The van der Waals surface area contributed by atoms with Crippen molar-refractivity contribution in [3.63, 3.8) is 0 Å². The fourth-order valence-corrected chi connectivity index (χ4v) is 4.62. The van der Waals surface area contributed by atoms with Crippen molar-refractivity contribution in [2.24, 2.45) is 0 Å². The molecule has 8 nitrogen and oxygen atoms in total. The minimum absolute atomic E-state index is 0.0621. The number of rotatable bonds is 7. The first kappa shape index (κ1) is 23.9. The Balaban J connectivity index is 1.79. The molecule has 3 aromatic heterocycles. The van der Waals surface area contributed by atoms with Crippen LogP contribution in [0, 0.1) is 13.8 Å². The van der Waals surface area contributed by atoms with E-state index in [4.69, 9.17) is 14.5 Å². The Labute approximate surface area is 198 Å². The van der Waals surface area contributed by atoms with Gasteiger partial charge in [0.05, 0.1) is 54.7 Å². The Hall–Kier alpha value is -3.20. The van der Waals surface area contributed by atoms with Crippen LogP contribution >= 0.6 is 0 Å². The third kappa shape index (κ3) is 4.32. The number of halogens is 1. The molecule has 0 spiro atoms. The molecule has 2 atom stereocenters. The number of aryl methyl sites for hydroxylation is 2. The highest BCUT2D eigenvalue weighted by Crippen LogP contribution is 2.36. The molecule has 1 amide bonds. The van der Waals surface area contributed by atoms with Crippen molar-refractivity contribution in [2.45, 2.75) is 45.8 Å². The van der Waals surface area contributed by atoms with Gasteiger partial charge in [0, 0.05) is 18.4 Å². The Morgan fingerprint density at radius 2 is 2.00 bits per heavy atom. The van der Waals surface area contributed by atoms with Crippen molar-refractivity contribution in [3.8, 4) is 17.1 Å². The van der Waals surface area contributed by atoms with Gasteiger partial charge in [0.15, 0.2) is 0 Å². The number of hydrogen-bond donors (Lipinski definition) is 1. The first-order chi connectivity index (χ1) is 16.2. The van der Waals surface area contributed by atoms with Crippen LogP contribution in [0.25, 0.3) is 22.3 Å². The van der Waals surface area contributed by atoms with Gasteiger partial charge in [-0.3, -0.25) is 0 Å². The second kappa shape index (κ2) is 9.58. The molecule has 34 heavy (non-hydrogen) atoms. The highest BCUT2D eigenvalue weighted by molar-refractivity contribution is 5.85. The maximum absolute atomic E-state index is 12.8. The minimum atomic E-state index is -1.01. The summed E-state index contributed by atoms with van der Waals surface area (Å²) in [7, 11) is 1.61. The Bertz CT molecular complexity index is 1210. The molecular weight excluding hydrogens is 439 g/mol. The Kier molecular flexibility index (Phi) is 6.74. The SMILES string of the molecule is COc1nc(C(C)C)ccc1-c1nc2c(C)cn([C@@H]3CN(C(=O)O)C[C@@H]3OCCF)c2cc1C. The number of ether oxygens (including phenoxy) is 2. The molecule has 182 valence electrons. The van der Waals surface area contributed by atoms with Crippen molar-refractivity contribution >= 4 is 17.1 Å². The van der Waals surface area contributed by atoms with Crippen LogP contribution in [0.4, 0.5) is 9.18 Å². The van der Waals surface area contributed by atoms with Crippen LogP contribution in [0.2, 0.25) is 0 Å². The predicted octanol–water partition coefficient (Wildman–Crippen LogP) is 4.74. The zero-order valence-corrected chi connectivity index (χ0v) is 20.2. The van der Waals surface area contributed by atoms with Gasteiger partial charge in [0.2, 0.25) is 5.88 Å². The van der Waals surface area contributed by atoms with Crippen molar-refractivity contribution in [2.75, 3.05) is 33.5 Å². The van der Waals surface area contributed by atoms with E-state index in [-0.39, 0.29) is 31.7 Å². The molecule has 0 saturated carbocycles. The fourth-order valence-electron chi connectivity index (χ4n) is 4.62. The van der Waals surface area contributed by atoms with Crippen molar-refractivity contribution in [1.82, 2.24) is 19.4 Å². The summed E-state index contributed by atoms with van der Waals surface area (Å²) >= 11 is 0. The zero-order valence-electron chi connectivity index (χ0n) is 20.2. The third-order valence-corrected chi connectivity index (χ3v) is 6.37. The summed E-state index contributed by atoms with van der Waals surface area (Å²) in [5.74, 6) is 0.811. The summed E-state index contributed by atoms with van der Waals surface area (Å²) in [4.78, 5) is 22.6.